The van der Waals surface area contributed by atoms with Crippen molar-refractivity contribution in [2.75, 3.05) is 6.54 Å². The van der Waals surface area contributed by atoms with E-state index in [9.17, 15) is 0 Å². The molecule has 0 saturated heterocycles. The zero-order valence-corrected chi connectivity index (χ0v) is 8.89. The maximum atomic E-state index is 5.75. The van der Waals surface area contributed by atoms with Gasteiger partial charge in [0.15, 0.2) is 6.23 Å². The SMILES string of the molecule is C=CCN1C=C(c2ccccc2)OC1C. The highest BCUT2D eigenvalue weighted by atomic mass is 16.5. The third kappa shape index (κ3) is 2.04. The molecule has 2 nitrogen and oxygen atoms in total. The van der Waals surface area contributed by atoms with Crippen molar-refractivity contribution in [2.45, 2.75) is 13.2 Å². The molecular formula is C13H15NO. The zero-order chi connectivity index (χ0) is 10.7. The van der Waals surface area contributed by atoms with Crippen LogP contribution in [-0.2, 0) is 4.74 Å². The molecule has 0 aromatic heterocycles. The van der Waals surface area contributed by atoms with Gasteiger partial charge in [0.25, 0.3) is 0 Å². The van der Waals surface area contributed by atoms with Gasteiger partial charge < -0.3 is 9.64 Å². The number of hydrogen-bond acceptors (Lipinski definition) is 2. The van der Waals surface area contributed by atoms with Gasteiger partial charge >= 0.3 is 0 Å². The molecular weight excluding hydrogens is 186 g/mol. The maximum Gasteiger partial charge on any atom is 0.169 e. The Balaban J connectivity index is 2.19. The molecule has 0 radical (unpaired) electrons. The first kappa shape index (κ1) is 9.84. The fourth-order valence-electron chi connectivity index (χ4n) is 1.63. The predicted octanol–water partition coefficient (Wildman–Crippen LogP) is 2.85. The Morgan fingerprint density at radius 3 is 2.80 bits per heavy atom. The van der Waals surface area contributed by atoms with E-state index in [1.54, 1.807) is 0 Å². The second-order valence-corrected chi connectivity index (χ2v) is 3.56. The molecule has 2 heteroatoms. The lowest BCUT2D eigenvalue weighted by molar-refractivity contribution is 0.0940. The van der Waals surface area contributed by atoms with Gasteiger partial charge in [-0.15, -0.1) is 6.58 Å². The van der Waals surface area contributed by atoms with E-state index >= 15 is 0 Å². The van der Waals surface area contributed by atoms with Crippen LogP contribution < -0.4 is 0 Å². The van der Waals surface area contributed by atoms with E-state index < -0.39 is 0 Å². The summed E-state index contributed by atoms with van der Waals surface area (Å²) in [6.07, 6.45) is 4.02. The van der Waals surface area contributed by atoms with E-state index in [0.717, 1.165) is 17.9 Å². The molecule has 1 atom stereocenters. The number of ether oxygens (including phenoxy) is 1. The highest BCUT2D eigenvalue weighted by Crippen LogP contribution is 2.25. The molecule has 0 amide bonds. The largest absolute Gasteiger partial charge is 0.469 e. The summed E-state index contributed by atoms with van der Waals surface area (Å²) >= 11 is 0. The molecule has 1 aromatic rings. The van der Waals surface area contributed by atoms with Crippen LogP contribution in [0, 0.1) is 0 Å². The fourth-order valence-corrected chi connectivity index (χ4v) is 1.63. The van der Waals surface area contributed by atoms with Gasteiger partial charge in [0.1, 0.15) is 5.76 Å². The first-order valence-corrected chi connectivity index (χ1v) is 5.12. The molecule has 0 bridgehead atoms. The van der Waals surface area contributed by atoms with Gasteiger partial charge in [-0.2, -0.15) is 0 Å². The lowest BCUT2D eigenvalue weighted by atomic mass is 10.2. The quantitative estimate of drug-likeness (QED) is 0.697. The molecule has 0 spiro atoms. The summed E-state index contributed by atoms with van der Waals surface area (Å²) in [6.45, 7) is 6.58. The van der Waals surface area contributed by atoms with Gasteiger partial charge in [-0.25, -0.2) is 0 Å². The van der Waals surface area contributed by atoms with Crippen LogP contribution in [0.2, 0.25) is 0 Å². The fraction of sp³-hybridized carbons (Fsp3) is 0.231. The topological polar surface area (TPSA) is 12.5 Å². The second-order valence-electron chi connectivity index (χ2n) is 3.56. The van der Waals surface area contributed by atoms with Crippen LogP contribution in [0.3, 0.4) is 0 Å². The summed E-state index contributed by atoms with van der Waals surface area (Å²) in [5.41, 5.74) is 1.12. The van der Waals surface area contributed by atoms with E-state index in [2.05, 4.69) is 23.6 Å². The van der Waals surface area contributed by atoms with E-state index in [4.69, 9.17) is 4.74 Å². The molecule has 1 unspecified atom stereocenters. The third-order valence-electron chi connectivity index (χ3n) is 2.45. The number of rotatable bonds is 3. The Bertz CT molecular complexity index is 369. The van der Waals surface area contributed by atoms with Crippen LogP contribution >= 0.6 is 0 Å². The van der Waals surface area contributed by atoms with Crippen molar-refractivity contribution < 1.29 is 4.74 Å². The minimum atomic E-state index is 0.0956. The molecule has 1 aliphatic heterocycles. The summed E-state index contributed by atoms with van der Waals surface area (Å²) in [5, 5.41) is 0. The Hall–Kier alpha value is -1.70. The molecule has 0 aliphatic carbocycles. The standard InChI is InChI=1S/C13H15NO/c1-3-9-14-10-13(15-11(14)2)12-7-5-4-6-8-12/h3-8,10-11H,1,9H2,2H3. The summed E-state index contributed by atoms with van der Waals surface area (Å²) in [5.74, 6) is 0.935. The molecule has 78 valence electrons. The minimum Gasteiger partial charge on any atom is -0.469 e. The summed E-state index contributed by atoms with van der Waals surface area (Å²) in [7, 11) is 0. The van der Waals surface area contributed by atoms with E-state index in [0.29, 0.717) is 0 Å². The van der Waals surface area contributed by atoms with Gasteiger partial charge in [-0.1, -0.05) is 36.4 Å². The monoisotopic (exact) mass is 201 g/mol. The van der Waals surface area contributed by atoms with Crippen molar-refractivity contribution in [1.82, 2.24) is 4.90 Å². The first-order valence-electron chi connectivity index (χ1n) is 5.12. The Labute approximate surface area is 90.5 Å². The van der Waals surface area contributed by atoms with Gasteiger partial charge in [-0.3, -0.25) is 0 Å². The number of benzene rings is 1. The smallest absolute Gasteiger partial charge is 0.169 e. The summed E-state index contributed by atoms with van der Waals surface area (Å²) in [4.78, 5) is 2.12. The number of nitrogens with zero attached hydrogens (tertiary/aromatic N) is 1. The van der Waals surface area contributed by atoms with Crippen LogP contribution in [0.5, 0.6) is 0 Å². The normalized spacial score (nSPS) is 19.7. The maximum absolute atomic E-state index is 5.75. The van der Waals surface area contributed by atoms with Gasteiger partial charge in [-0.05, 0) is 6.92 Å². The van der Waals surface area contributed by atoms with Gasteiger partial charge in [0.2, 0.25) is 0 Å². The molecule has 1 aliphatic rings. The third-order valence-corrected chi connectivity index (χ3v) is 2.45. The molecule has 0 saturated carbocycles. The van der Waals surface area contributed by atoms with Gasteiger partial charge in [0.05, 0.1) is 0 Å². The van der Waals surface area contributed by atoms with E-state index in [1.165, 1.54) is 0 Å². The average molecular weight is 201 g/mol. The average Bonchev–Trinajstić information content (AvgIpc) is 2.63. The van der Waals surface area contributed by atoms with Crippen LogP contribution in [0.15, 0.2) is 49.2 Å². The molecule has 1 aromatic carbocycles. The molecule has 0 fully saturated rings. The molecule has 2 rings (SSSR count). The number of hydrogen-bond donors (Lipinski definition) is 0. The Morgan fingerprint density at radius 2 is 2.13 bits per heavy atom. The lowest BCUT2D eigenvalue weighted by Gasteiger charge is -2.18. The molecule has 1 heterocycles. The van der Waals surface area contributed by atoms with Crippen LogP contribution in [0.4, 0.5) is 0 Å². The van der Waals surface area contributed by atoms with Crippen molar-refractivity contribution in [1.29, 1.82) is 0 Å². The first-order chi connectivity index (χ1) is 7.31. The lowest BCUT2D eigenvalue weighted by Crippen LogP contribution is -2.24. The van der Waals surface area contributed by atoms with Crippen molar-refractivity contribution in [3.8, 4) is 0 Å². The van der Waals surface area contributed by atoms with Crippen molar-refractivity contribution in [3.63, 3.8) is 0 Å². The Morgan fingerprint density at radius 1 is 1.40 bits per heavy atom. The molecule has 15 heavy (non-hydrogen) atoms. The Kier molecular flexibility index (Phi) is 2.77. The summed E-state index contributed by atoms with van der Waals surface area (Å²) in [6, 6.07) is 10.1. The summed E-state index contributed by atoms with van der Waals surface area (Å²) < 4.78 is 5.75. The van der Waals surface area contributed by atoms with Crippen LogP contribution in [-0.4, -0.2) is 17.7 Å². The highest BCUT2D eigenvalue weighted by molar-refractivity contribution is 5.60. The molecule has 0 N–H and O–H groups in total. The van der Waals surface area contributed by atoms with Crippen molar-refractivity contribution in [3.05, 3.63) is 54.8 Å². The van der Waals surface area contributed by atoms with E-state index in [-0.39, 0.29) is 6.23 Å². The van der Waals surface area contributed by atoms with Crippen LogP contribution in [0.25, 0.3) is 5.76 Å². The van der Waals surface area contributed by atoms with Gasteiger partial charge in [0, 0.05) is 18.3 Å². The van der Waals surface area contributed by atoms with Crippen LogP contribution in [0.1, 0.15) is 12.5 Å². The highest BCUT2D eigenvalue weighted by Gasteiger charge is 2.21. The second kappa shape index (κ2) is 4.22. The van der Waals surface area contributed by atoms with Crippen molar-refractivity contribution >= 4 is 5.76 Å². The minimum absolute atomic E-state index is 0.0956. The van der Waals surface area contributed by atoms with Crippen molar-refractivity contribution in [2.24, 2.45) is 0 Å². The predicted molar refractivity (Wildman–Crippen MR) is 61.9 cm³/mol. The van der Waals surface area contributed by atoms with E-state index in [1.807, 2.05) is 37.4 Å². The zero-order valence-electron chi connectivity index (χ0n) is 8.89.